The molecule has 1 atom stereocenters. The molecule has 1 aliphatic heterocycles. The van der Waals surface area contributed by atoms with E-state index in [1.165, 1.54) is 12.7 Å². The molecular formula is C16H19NO3. The van der Waals surface area contributed by atoms with Crippen molar-refractivity contribution in [1.82, 2.24) is 0 Å². The summed E-state index contributed by atoms with van der Waals surface area (Å²) in [6.07, 6.45) is 2.45. The van der Waals surface area contributed by atoms with E-state index < -0.39 is 5.92 Å². The van der Waals surface area contributed by atoms with E-state index in [4.69, 9.17) is 14.9 Å². The van der Waals surface area contributed by atoms with Gasteiger partial charge in [0.1, 0.15) is 5.92 Å². The molecule has 0 bridgehead atoms. The molecule has 1 aromatic rings. The molecule has 1 fully saturated rings. The summed E-state index contributed by atoms with van der Waals surface area (Å²) in [6.45, 7) is 1.31. The second kappa shape index (κ2) is 5.02. The minimum Gasteiger partial charge on any atom is -0.468 e. The van der Waals surface area contributed by atoms with Crippen LogP contribution in [-0.2, 0) is 20.7 Å². The van der Waals surface area contributed by atoms with E-state index in [2.05, 4.69) is 6.07 Å². The third kappa shape index (κ3) is 1.95. The average molecular weight is 273 g/mol. The Balaban J connectivity index is 2.08. The molecule has 1 spiro atoms. The van der Waals surface area contributed by atoms with Gasteiger partial charge in [-0.2, -0.15) is 0 Å². The van der Waals surface area contributed by atoms with Crippen LogP contribution in [0, 0.1) is 16.7 Å². The molecule has 3 rings (SSSR count). The number of nitrogens with one attached hydrogen (secondary N) is 1. The lowest BCUT2D eigenvalue weighted by Crippen LogP contribution is -2.49. The minimum atomic E-state index is -0.466. The van der Waals surface area contributed by atoms with Gasteiger partial charge in [0.2, 0.25) is 0 Å². The van der Waals surface area contributed by atoms with Gasteiger partial charge in [0.05, 0.1) is 12.8 Å². The zero-order chi connectivity index (χ0) is 14.2. The van der Waals surface area contributed by atoms with Crippen molar-refractivity contribution in [3.8, 4) is 0 Å². The van der Waals surface area contributed by atoms with Crippen LogP contribution in [-0.4, -0.2) is 32.0 Å². The van der Waals surface area contributed by atoms with E-state index in [1.807, 2.05) is 18.2 Å². The Hall–Kier alpha value is -1.68. The molecule has 1 N–H and O–H groups in total. The highest BCUT2D eigenvalue weighted by Crippen LogP contribution is 2.47. The molecule has 1 saturated heterocycles. The summed E-state index contributed by atoms with van der Waals surface area (Å²) in [5.74, 6) is -0.752. The molecule has 2 aliphatic rings. The quantitative estimate of drug-likeness (QED) is 0.798. The van der Waals surface area contributed by atoms with Gasteiger partial charge < -0.3 is 14.9 Å². The van der Waals surface area contributed by atoms with Crippen LogP contribution < -0.4 is 0 Å². The van der Waals surface area contributed by atoms with Gasteiger partial charge in [0, 0.05) is 13.2 Å². The van der Waals surface area contributed by atoms with Crippen LogP contribution in [0.4, 0.5) is 0 Å². The van der Waals surface area contributed by atoms with Crippen molar-refractivity contribution in [2.75, 3.05) is 20.3 Å². The summed E-state index contributed by atoms with van der Waals surface area (Å²) in [5, 5.41) is 8.48. The monoisotopic (exact) mass is 273 g/mol. The van der Waals surface area contributed by atoms with E-state index in [9.17, 15) is 4.79 Å². The number of fused-ring (bicyclic) bond motifs is 1. The van der Waals surface area contributed by atoms with Gasteiger partial charge in [0.15, 0.2) is 0 Å². The predicted molar refractivity (Wildman–Crippen MR) is 75.0 cm³/mol. The highest BCUT2D eigenvalue weighted by atomic mass is 16.5. The first kappa shape index (κ1) is 13.3. The molecule has 106 valence electrons. The van der Waals surface area contributed by atoms with Crippen molar-refractivity contribution in [2.24, 2.45) is 11.3 Å². The standard InChI is InChI=1S/C16H19NO3/c1-19-15(18)13-14(17)12-5-3-2-4-11(12)10-16(13)6-8-20-9-7-16/h2-5,13,17H,6-10H2,1H3. The molecule has 0 radical (unpaired) electrons. The minimum absolute atomic E-state index is 0.212. The lowest BCUT2D eigenvalue weighted by Gasteiger charge is -2.45. The topological polar surface area (TPSA) is 59.4 Å². The molecule has 4 nitrogen and oxygen atoms in total. The van der Waals surface area contributed by atoms with Crippen LogP contribution >= 0.6 is 0 Å². The van der Waals surface area contributed by atoms with Crippen LogP contribution in [0.25, 0.3) is 0 Å². The first-order chi connectivity index (χ1) is 9.68. The van der Waals surface area contributed by atoms with Crippen LogP contribution in [0.1, 0.15) is 24.0 Å². The fourth-order valence-corrected chi connectivity index (χ4v) is 3.61. The number of hydrogen-bond acceptors (Lipinski definition) is 4. The first-order valence-electron chi connectivity index (χ1n) is 7.00. The molecule has 0 amide bonds. The van der Waals surface area contributed by atoms with Gasteiger partial charge in [-0.25, -0.2) is 0 Å². The Labute approximate surface area is 118 Å². The summed E-state index contributed by atoms with van der Waals surface area (Å²) in [4.78, 5) is 12.3. The lowest BCUT2D eigenvalue weighted by molar-refractivity contribution is -0.149. The maximum atomic E-state index is 12.3. The predicted octanol–water partition coefficient (Wildman–Crippen LogP) is 2.20. The molecule has 1 unspecified atom stereocenters. The van der Waals surface area contributed by atoms with E-state index in [1.54, 1.807) is 0 Å². The molecule has 4 heteroatoms. The van der Waals surface area contributed by atoms with Crippen LogP contribution in [0.3, 0.4) is 0 Å². The number of carbonyl (C=O) groups excluding carboxylic acids is 1. The largest absolute Gasteiger partial charge is 0.468 e. The van der Waals surface area contributed by atoms with Crippen molar-refractivity contribution in [1.29, 1.82) is 5.41 Å². The molecule has 0 saturated carbocycles. The summed E-state index contributed by atoms with van der Waals surface area (Å²) in [7, 11) is 1.41. The van der Waals surface area contributed by atoms with Gasteiger partial charge in [-0.15, -0.1) is 0 Å². The molecule has 0 aromatic heterocycles. The van der Waals surface area contributed by atoms with Crippen molar-refractivity contribution in [2.45, 2.75) is 19.3 Å². The average Bonchev–Trinajstić information content (AvgIpc) is 2.48. The summed E-state index contributed by atoms with van der Waals surface area (Å²) >= 11 is 0. The fourth-order valence-electron chi connectivity index (χ4n) is 3.61. The second-order valence-corrected chi connectivity index (χ2v) is 5.68. The molecule has 20 heavy (non-hydrogen) atoms. The smallest absolute Gasteiger partial charge is 0.315 e. The zero-order valence-electron chi connectivity index (χ0n) is 11.6. The van der Waals surface area contributed by atoms with Gasteiger partial charge in [-0.05, 0) is 35.8 Å². The molecule has 1 aromatic carbocycles. The number of carbonyl (C=O) groups is 1. The SMILES string of the molecule is COC(=O)C1C(=N)c2ccccc2CC12CCOCC2. The Bertz CT molecular complexity index is 546. The van der Waals surface area contributed by atoms with Gasteiger partial charge in [-0.1, -0.05) is 24.3 Å². The van der Waals surface area contributed by atoms with E-state index in [0.717, 1.165) is 24.8 Å². The Morgan fingerprint density at radius 2 is 2.05 bits per heavy atom. The molecule has 1 aliphatic carbocycles. The maximum Gasteiger partial charge on any atom is 0.315 e. The summed E-state index contributed by atoms with van der Waals surface area (Å²) in [6, 6.07) is 7.91. The third-order valence-corrected chi connectivity index (χ3v) is 4.68. The number of ether oxygens (including phenoxy) is 2. The number of esters is 1. The maximum absolute atomic E-state index is 12.3. The zero-order valence-corrected chi connectivity index (χ0v) is 11.6. The van der Waals surface area contributed by atoms with Crippen molar-refractivity contribution >= 4 is 11.7 Å². The van der Waals surface area contributed by atoms with E-state index in [0.29, 0.717) is 18.9 Å². The second-order valence-electron chi connectivity index (χ2n) is 5.68. The van der Waals surface area contributed by atoms with Gasteiger partial charge in [0.25, 0.3) is 0 Å². The van der Waals surface area contributed by atoms with Gasteiger partial charge in [-0.3, -0.25) is 4.79 Å². The Kier molecular flexibility index (Phi) is 3.34. The van der Waals surface area contributed by atoms with E-state index in [-0.39, 0.29) is 11.4 Å². The van der Waals surface area contributed by atoms with Crippen LogP contribution in [0.15, 0.2) is 24.3 Å². The number of methoxy groups -OCH3 is 1. The Morgan fingerprint density at radius 1 is 1.35 bits per heavy atom. The van der Waals surface area contributed by atoms with Crippen LogP contribution in [0.2, 0.25) is 0 Å². The number of rotatable bonds is 1. The highest BCUT2D eigenvalue weighted by molar-refractivity contribution is 6.12. The number of hydrogen-bond donors (Lipinski definition) is 1. The van der Waals surface area contributed by atoms with Crippen molar-refractivity contribution < 1.29 is 14.3 Å². The first-order valence-corrected chi connectivity index (χ1v) is 7.00. The molecular weight excluding hydrogens is 254 g/mol. The fraction of sp³-hybridized carbons (Fsp3) is 0.500. The summed E-state index contributed by atoms with van der Waals surface area (Å²) < 4.78 is 10.4. The van der Waals surface area contributed by atoms with Crippen molar-refractivity contribution in [3.05, 3.63) is 35.4 Å². The summed E-state index contributed by atoms with van der Waals surface area (Å²) in [5.41, 5.74) is 2.25. The Morgan fingerprint density at radius 3 is 2.75 bits per heavy atom. The lowest BCUT2D eigenvalue weighted by atomic mass is 9.60. The van der Waals surface area contributed by atoms with Crippen molar-refractivity contribution in [3.63, 3.8) is 0 Å². The number of benzene rings is 1. The normalized spacial score (nSPS) is 24.2. The highest BCUT2D eigenvalue weighted by Gasteiger charge is 2.50. The van der Waals surface area contributed by atoms with E-state index >= 15 is 0 Å². The molecule has 1 heterocycles. The van der Waals surface area contributed by atoms with Gasteiger partial charge >= 0.3 is 5.97 Å². The van der Waals surface area contributed by atoms with Crippen LogP contribution in [0.5, 0.6) is 0 Å². The third-order valence-electron chi connectivity index (χ3n) is 4.68.